The summed E-state index contributed by atoms with van der Waals surface area (Å²) in [6.07, 6.45) is 1.04. The van der Waals surface area contributed by atoms with Crippen molar-refractivity contribution in [1.29, 1.82) is 0 Å². The van der Waals surface area contributed by atoms with Gasteiger partial charge in [-0.05, 0) is 48.5 Å². The predicted octanol–water partition coefficient (Wildman–Crippen LogP) is 1.59. The standard InChI is InChI=1S/C19H20N4S/c24-19-20-17-7-6-15(14-18(17)21-19)8-9-22-10-12-23(13-11-22)16-4-2-1-3-5-16/h1-7,14H,8-13H2. The number of thiocarbonyl (C=S) groups is 1. The molecule has 2 aromatic carbocycles. The average molecular weight is 336 g/mol. The molecule has 0 saturated carbocycles. The van der Waals surface area contributed by atoms with Crippen LogP contribution in [0.3, 0.4) is 0 Å². The first kappa shape index (κ1) is 15.4. The van der Waals surface area contributed by atoms with Crippen LogP contribution in [0.25, 0.3) is 0 Å². The molecule has 0 atom stereocenters. The molecule has 122 valence electrons. The molecular weight excluding hydrogens is 316 g/mol. The molecule has 2 aromatic rings. The molecular formula is C19H20N4S. The second kappa shape index (κ2) is 6.79. The van der Waals surface area contributed by atoms with Gasteiger partial charge in [-0.2, -0.15) is 0 Å². The number of benzene rings is 2. The second-order valence-electron chi connectivity index (χ2n) is 6.24. The number of hydrogen-bond acceptors (Lipinski definition) is 3. The maximum atomic E-state index is 5.04. The van der Waals surface area contributed by atoms with Crippen molar-refractivity contribution in [1.82, 2.24) is 4.90 Å². The van der Waals surface area contributed by atoms with Crippen molar-refractivity contribution < 1.29 is 0 Å². The monoisotopic (exact) mass is 336 g/mol. The predicted molar refractivity (Wildman–Crippen MR) is 100 cm³/mol. The highest BCUT2D eigenvalue weighted by molar-refractivity contribution is 7.80. The highest BCUT2D eigenvalue weighted by atomic mass is 32.1. The molecule has 2 heterocycles. The highest BCUT2D eigenvalue weighted by Gasteiger charge is 2.16. The van der Waals surface area contributed by atoms with Gasteiger partial charge in [-0.15, -0.1) is 0 Å². The Balaban J connectivity index is 1.32. The minimum atomic E-state index is 0.444. The lowest BCUT2D eigenvalue weighted by Crippen LogP contribution is -2.47. The van der Waals surface area contributed by atoms with Crippen molar-refractivity contribution in [3.05, 3.63) is 64.8 Å². The van der Waals surface area contributed by atoms with Crippen LogP contribution in [-0.4, -0.2) is 42.7 Å². The van der Waals surface area contributed by atoms with Crippen LogP contribution in [0.2, 0.25) is 0 Å². The van der Waals surface area contributed by atoms with Crippen LogP contribution in [0.4, 0.5) is 5.69 Å². The zero-order valence-corrected chi connectivity index (χ0v) is 14.4. The zero-order valence-electron chi connectivity index (χ0n) is 13.6. The lowest BCUT2D eigenvalue weighted by Gasteiger charge is -2.36. The molecule has 0 amide bonds. The summed E-state index contributed by atoms with van der Waals surface area (Å²) < 4.78 is 0. The summed E-state index contributed by atoms with van der Waals surface area (Å²) in [6.45, 7) is 5.50. The first-order valence-corrected chi connectivity index (χ1v) is 8.81. The van der Waals surface area contributed by atoms with Gasteiger partial charge in [0.15, 0.2) is 0 Å². The summed E-state index contributed by atoms with van der Waals surface area (Å²) in [6, 6.07) is 17.0. The third kappa shape index (κ3) is 3.37. The number of anilines is 1. The minimum Gasteiger partial charge on any atom is -0.369 e. The van der Waals surface area contributed by atoms with E-state index in [1.54, 1.807) is 0 Å². The Bertz CT molecular complexity index is 855. The molecule has 5 heteroatoms. The van der Waals surface area contributed by atoms with Gasteiger partial charge >= 0.3 is 0 Å². The molecule has 0 aliphatic carbocycles. The summed E-state index contributed by atoms with van der Waals surface area (Å²) in [5, 5.41) is 2.27. The Labute approximate surface area is 147 Å². The maximum Gasteiger partial charge on any atom is 0.220 e. The molecule has 24 heavy (non-hydrogen) atoms. The van der Waals surface area contributed by atoms with Gasteiger partial charge in [0.2, 0.25) is 5.11 Å². The number of nitrogens with zero attached hydrogens (tertiary/aromatic N) is 4. The molecule has 4 rings (SSSR count). The SMILES string of the molecule is S=C1N=c2ccc(CCN3CCN(c4ccccc4)CC3)cc2=N1. The van der Waals surface area contributed by atoms with E-state index in [4.69, 9.17) is 12.2 Å². The van der Waals surface area contributed by atoms with Crippen molar-refractivity contribution in [2.75, 3.05) is 37.6 Å². The zero-order chi connectivity index (χ0) is 16.4. The van der Waals surface area contributed by atoms with Crippen LogP contribution in [0.15, 0.2) is 58.5 Å². The number of para-hydroxylation sites is 1. The van der Waals surface area contributed by atoms with E-state index in [1.807, 2.05) is 6.07 Å². The van der Waals surface area contributed by atoms with E-state index in [2.05, 4.69) is 62.2 Å². The summed E-state index contributed by atoms with van der Waals surface area (Å²) >= 11 is 5.04. The smallest absolute Gasteiger partial charge is 0.220 e. The molecule has 2 aliphatic rings. The topological polar surface area (TPSA) is 31.2 Å². The Hall–Kier alpha value is -2.11. The summed E-state index contributed by atoms with van der Waals surface area (Å²) in [5.41, 5.74) is 2.64. The van der Waals surface area contributed by atoms with E-state index >= 15 is 0 Å². The lowest BCUT2D eigenvalue weighted by molar-refractivity contribution is 0.261. The first-order chi connectivity index (χ1) is 11.8. The highest BCUT2D eigenvalue weighted by Crippen LogP contribution is 2.15. The third-order valence-corrected chi connectivity index (χ3v) is 4.86. The Morgan fingerprint density at radius 3 is 2.42 bits per heavy atom. The van der Waals surface area contributed by atoms with Gasteiger partial charge < -0.3 is 4.90 Å². The van der Waals surface area contributed by atoms with Gasteiger partial charge in [0.05, 0.1) is 10.7 Å². The number of piperazine rings is 1. The number of fused-ring (bicyclic) bond motifs is 1. The number of hydrogen-bond donors (Lipinski definition) is 0. The molecule has 0 radical (unpaired) electrons. The largest absolute Gasteiger partial charge is 0.369 e. The molecule has 0 bridgehead atoms. The van der Waals surface area contributed by atoms with Crippen molar-refractivity contribution in [2.24, 2.45) is 9.98 Å². The van der Waals surface area contributed by atoms with E-state index in [0.717, 1.165) is 49.9 Å². The molecule has 1 fully saturated rings. The van der Waals surface area contributed by atoms with E-state index in [0.29, 0.717) is 5.11 Å². The molecule has 2 aliphatic heterocycles. The normalized spacial score (nSPS) is 17.3. The van der Waals surface area contributed by atoms with Crippen LogP contribution >= 0.6 is 12.2 Å². The van der Waals surface area contributed by atoms with Gasteiger partial charge in [0.1, 0.15) is 0 Å². The average Bonchev–Trinajstić information content (AvgIpc) is 3.00. The van der Waals surface area contributed by atoms with Gasteiger partial charge in [-0.1, -0.05) is 24.3 Å². The maximum absolute atomic E-state index is 5.04. The summed E-state index contributed by atoms with van der Waals surface area (Å²) in [5.74, 6) is 0. The first-order valence-electron chi connectivity index (χ1n) is 8.41. The Kier molecular flexibility index (Phi) is 4.36. The van der Waals surface area contributed by atoms with Crippen LogP contribution in [0.5, 0.6) is 0 Å². The summed E-state index contributed by atoms with van der Waals surface area (Å²) in [7, 11) is 0. The van der Waals surface area contributed by atoms with E-state index < -0.39 is 0 Å². The van der Waals surface area contributed by atoms with Crippen LogP contribution < -0.4 is 15.6 Å². The molecule has 0 N–H and O–H groups in total. The van der Waals surface area contributed by atoms with Gasteiger partial charge in [0, 0.05) is 38.4 Å². The van der Waals surface area contributed by atoms with Gasteiger partial charge in [0.25, 0.3) is 0 Å². The fraction of sp³-hybridized carbons (Fsp3) is 0.316. The van der Waals surface area contributed by atoms with Crippen LogP contribution in [-0.2, 0) is 6.42 Å². The summed E-state index contributed by atoms with van der Waals surface area (Å²) in [4.78, 5) is 13.5. The molecule has 0 unspecified atom stereocenters. The van der Waals surface area contributed by atoms with Gasteiger partial charge in [-0.3, -0.25) is 4.90 Å². The number of rotatable bonds is 4. The van der Waals surface area contributed by atoms with E-state index in [-0.39, 0.29) is 0 Å². The minimum absolute atomic E-state index is 0.444. The second-order valence-corrected chi connectivity index (χ2v) is 6.61. The fourth-order valence-electron chi connectivity index (χ4n) is 3.30. The Morgan fingerprint density at radius 2 is 1.62 bits per heavy atom. The lowest BCUT2D eigenvalue weighted by atomic mass is 10.1. The van der Waals surface area contributed by atoms with Crippen molar-refractivity contribution in [2.45, 2.75) is 6.42 Å². The molecule has 4 nitrogen and oxygen atoms in total. The Morgan fingerprint density at radius 1 is 0.875 bits per heavy atom. The van der Waals surface area contributed by atoms with Gasteiger partial charge in [-0.25, -0.2) is 9.98 Å². The van der Waals surface area contributed by atoms with Crippen molar-refractivity contribution in [3.8, 4) is 0 Å². The van der Waals surface area contributed by atoms with Crippen molar-refractivity contribution in [3.63, 3.8) is 0 Å². The quantitative estimate of drug-likeness (QED) is 0.795. The third-order valence-electron chi connectivity index (χ3n) is 4.68. The molecule has 0 spiro atoms. The van der Waals surface area contributed by atoms with E-state index in [9.17, 15) is 0 Å². The fourth-order valence-corrected chi connectivity index (χ4v) is 3.49. The van der Waals surface area contributed by atoms with Crippen molar-refractivity contribution >= 4 is 23.0 Å². The van der Waals surface area contributed by atoms with E-state index in [1.165, 1.54) is 11.3 Å². The molecule has 0 aromatic heterocycles. The molecule has 1 saturated heterocycles. The van der Waals surface area contributed by atoms with Crippen LogP contribution in [0, 0.1) is 0 Å². The van der Waals surface area contributed by atoms with Crippen LogP contribution in [0.1, 0.15) is 5.56 Å².